The van der Waals surface area contributed by atoms with Crippen molar-refractivity contribution in [1.29, 1.82) is 0 Å². The van der Waals surface area contributed by atoms with E-state index in [4.69, 9.17) is 4.74 Å². The molecule has 0 aliphatic heterocycles. The summed E-state index contributed by atoms with van der Waals surface area (Å²) in [4.78, 5) is 14.5. The van der Waals surface area contributed by atoms with Crippen LogP contribution < -0.4 is 10.1 Å². The molecule has 1 aromatic heterocycles. The number of rotatable bonds is 8. The molecule has 0 spiro atoms. The summed E-state index contributed by atoms with van der Waals surface area (Å²) in [5.74, 6) is 0.285. The number of amides is 1. The topological polar surface area (TPSA) is 67.3 Å². The minimum atomic E-state index is -4.40. The number of ether oxygens (including phenoxy) is 1. The minimum absolute atomic E-state index is 0.160. The molecule has 0 bridgehead atoms. The van der Waals surface area contributed by atoms with Crippen LogP contribution in [0, 0.1) is 0 Å². The van der Waals surface area contributed by atoms with Gasteiger partial charge in [-0.25, -0.2) is 0 Å². The van der Waals surface area contributed by atoms with Gasteiger partial charge in [0.25, 0.3) is 5.91 Å². The number of carbonyl (C=O) groups is 1. The van der Waals surface area contributed by atoms with E-state index >= 15 is 0 Å². The summed E-state index contributed by atoms with van der Waals surface area (Å²) < 4.78 is 45.2. The van der Waals surface area contributed by atoms with Crippen LogP contribution in [-0.2, 0) is 19.3 Å². The van der Waals surface area contributed by atoms with Crippen molar-refractivity contribution in [3.8, 4) is 5.75 Å². The molecule has 2 aromatic carbocycles. The molecule has 168 valence electrons. The van der Waals surface area contributed by atoms with Crippen LogP contribution in [0.1, 0.15) is 38.8 Å². The SMILES string of the molecule is COc1ccc(NC(=O)c2nnc(CN(Cc3ccccc3C(F)(F)F)C3CC3)s2)cc1. The van der Waals surface area contributed by atoms with Gasteiger partial charge in [0, 0.05) is 18.3 Å². The Bertz CT molecular complexity index is 1080. The Morgan fingerprint density at radius 2 is 1.84 bits per heavy atom. The predicted octanol–water partition coefficient (Wildman–Crippen LogP) is 4.98. The van der Waals surface area contributed by atoms with Gasteiger partial charge in [0.05, 0.1) is 19.2 Å². The second kappa shape index (κ2) is 9.25. The lowest BCUT2D eigenvalue weighted by Gasteiger charge is -2.22. The van der Waals surface area contributed by atoms with E-state index < -0.39 is 11.7 Å². The summed E-state index contributed by atoms with van der Waals surface area (Å²) in [6.45, 7) is 0.498. The van der Waals surface area contributed by atoms with Crippen molar-refractivity contribution < 1.29 is 22.7 Å². The Kier molecular flexibility index (Phi) is 6.43. The van der Waals surface area contributed by atoms with Crippen LogP contribution in [0.25, 0.3) is 0 Å². The lowest BCUT2D eigenvalue weighted by molar-refractivity contribution is -0.138. The summed E-state index contributed by atoms with van der Waals surface area (Å²) in [6, 6.07) is 12.7. The highest BCUT2D eigenvalue weighted by Crippen LogP contribution is 2.35. The molecule has 32 heavy (non-hydrogen) atoms. The molecule has 6 nitrogen and oxygen atoms in total. The molecular weight excluding hydrogens is 441 g/mol. The molecule has 10 heteroatoms. The highest BCUT2D eigenvalue weighted by Gasteiger charge is 2.35. The first-order valence-corrected chi connectivity index (χ1v) is 10.8. The van der Waals surface area contributed by atoms with Crippen molar-refractivity contribution >= 4 is 22.9 Å². The third-order valence-electron chi connectivity index (χ3n) is 5.11. The third-order valence-corrected chi connectivity index (χ3v) is 6.01. The Hall–Kier alpha value is -2.98. The number of hydrogen-bond donors (Lipinski definition) is 1. The van der Waals surface area contributed by atoms with Crippen molar-refractivity contribution in [3.63, 3.8) is 0 Å². The second-order valence-electron chi connectivity index (χ2n) is 7.47. The van der Waals surface area contributed by atoms with E-state index in [2.05, 4.69) is 15.5 Å². The molecule has 1 aliphatic rings. The molecule has 1 fully saturated rings. The quantitative estimate of drug-likeness (QED) is 0.511. The number of anilines is 1. The van der Waals surface area contributed by atoms with E-state index in [1.165, 1.54) is 12.1 Å². The minimum Gasteiger partial charge on any atom is -0.497 e. The van der Waals surface area contributed by atoms with Crippen molar-refractivity contribution in [2.45, 2.75) is 38.1 Å². The average molecular weight is 462 g/mol. The zero-order valence-corrected chi connectivity index (χ0v) is 18.0. The van der Waals surface area contributed by atoms with Crippen LogP contribution in [0.3, 0.4) is 0 Å². The maximum Gasteiger partial charge on any atom is 0.416 e. The van der Waals surface area contributed by atoms with Crippen LogP contribution in [-0.4, -0.2) is 34.2 Å². The van der Waals surface area contributed by atoms with E-state index in [0.717, 1.165) is 30.2 Å². The van der Waals surface area contributed by atoms with Crippen LogP contribution in [0.2, 0.25) is 0 Å². The molecule has 1 N–H and O–H groups in total. The van der Waals surface area contributed by atoms with Crippen LogP contribution in [0.15, 0.2) is 48.5 Å². The Balaban J connectivity index is 1.44. The monoisotopic (exact) mass is 462 g/mol. The van der Waals surface area contributed by atoms with Crippen molar-refractivity contribution in [1.82, 2.24) is 15.1 Å². The number of nitrogens with one attached hydrogen (secondary N) is 1. The van der Waals surface area contributed by atoms with Gasteiger partial charge in [0.15, 0.2) is 0 Å². The molecule has 4 rings (SSSR count). The van der Waals surface area contributed by atoms with Gasteiger partial charge in [-0.15, -0.1) is 10.2 Å². The maximum absolute atomic E-state index is 13.4. The molecular formula is C22H21F3N4O2S. The molecule has 1 aliphatic carbocycles. The molecule has 0 radical (unpaired) electrons. The fourth-order valence-corrected chi connectivity index (χ4v) is 4.11. The number of methoxy groups -OCH3 is 1. The zero-order chi connectivity index (χ0) is 22.7. The molecule has 0 atom stereocenters. The molecule has 1 saturated carbocycles. The van der Waals surface area contributed by atoms with E-state index in [1.54, 1.807) is 37.4 Å². The number of carbonyl (C=O) groups excluding carboxylic acids is 1. The Morgan fingerprint density at radius 1 is 1.12 bits per heavy atom. The summed E-state index contributed by atoms with van der Waals surface area (Å²) in [6.07, 6.45) is -2.54. The van der Waals surface area contributed by atoms with Gasteiger partial charge < -0.3 is 10.1 Å². The maximum atomic E-state index is 13.4. The number of benzene rings is 2. The number of nitrogens with zero attached hydrogens (tertiary/aromatic N) is 3. The van der Waals surface area contributed by atoms with Crippen LogP contribution in [0.5, 0.6) is 5.75 Å². The summed E-state index contributed by atoms with van der Waals surface area (Å²) in [7, 11) is 1.56. The highest BCUT2D eigenvalue weighted by atomic mass is 32.1. The highest BCUT2D eigenvalue weighted by molar-refractivity contribution is 7.13. The van der Waals surface area contributed by atoms with Crippen molar-refractivity contribution in [3.05, 3.63) is 69.7 Å². The average Bonchev–Trinajstić information content (AvgIpc) is 3.52. The predicted molar refractivity (Wildman–Crippen MR) is 115 cm³/mol. The van der Waals surface area contributed by atoms with E-state index in [9.17, 15) is 18.0 Å². The van der Waals surface area contributed by atoms with E-state index in [0.29, 0.717) is 23.0 Å². The van der Waals surface area contributed by atoms with Gasteiger partial charge in [-0.1, -0.05) is 29.5 Å². The number of aromatic nitrogens is 2. The number of alkyl halides is 3. The van der Waals surface area contributed by atoms with Crippen molar-refractivity contribution in [2.24, 2.45) is 0 Å². The van der Waals surface area contributed by atoms with Gasteiger partial charge in [0.2, 0.25) is 5.01 Å². The van der Waals surface area contributed by atoms with Gasteiger partial charge >= 0.3 is 6.18 Å². The first-order valence-electron chi connectivity index (χ1n) is 10.0. The zero-order valence-electron chi connectivity index (χ0n) is 17.2. The van der Waals surface area contributed by atoms with Crippen LogP contribution >= 0.6 is 11.3 Å². The standard InChI is InChI=1S/C22H21F3N4O2S/c1-31-17-10-6-15(7-11-17)26-20(30)21-28-27-19(32-21)13-29(16-8-9-16)12-14-4-2-3-5-18(14)22(23,24)25/h2-7,10-11,16H,8-9,12-13H2,1H3,(H,26,30). The number of hydrogen-bond acceptors (Lipinski definition) is 6. The molecule has 1 amide bonds. The fraction of sp³-hybridized carbons (Fsp3) is 0.318. The Labute approximate surface area is 187 Å². The summed E-state index contributed by atoms with van der Waals surface area (Å²) in [5.41, 5.74) is 0.201. The molecule has 1 heterocycles. The molecule has 3 aromatic rings. The largest absolute Gasteiger partial charge is 0.497 e. The normalized spacial score (nSPS) is 13.9. The first kappa shape index (κ1) is 22.2. The smallest absolute Gasteiger partial charge is 0.416 e. The van der Waals surface area contributed by atoms with E-state index in [1.807, 2.05) is 4.90 Å². The van der Waals surface area contributed by atoms with Gasteiger partial charge in [-0.3, -0.25) is 9.69 Å². The summed E-state index contributed by atoms with van der Waals surface area (Å²) >= 11 is 1.14. The molecule has 0 unspecified atom stereocenters. The van der Waals surface area contributed by atoms with Gasteiger partial charge in [0.1, 0.15) is 10.8 Å². The third kappa shape index (κ3) is 5.43. The molecule has 0 saturated heterocycles. The van der Waals surface area contributed by atoms with Crippen LogP contribution in [0.4, 0.5) is 18.9 Å². The van der Waals surface area contributed by atoms with Gasteiger partial charge in [-0.05, 0) is 48.7 Å². The number of halogens is 3. The van der Waals surface area contributed by atoms with E-state index in [-0.39, 0.29) is 29.1 Å². The lowest BCUT2D eigenvalue weighted by atomic mass is 10.1. The second-order valence-corrected chi connectivity index (χ2v) is 8.54. The fourth-order valence-electron chi connectivity index (χ4n) is 3.35. The lowest BCUT2D eigenvalue weighted by Crippen LogP contribution is -2.26. The first-order chi connectivity index (χ1) is 15.3. The van der Waals surface area contributed by atoms with Crippen molar-refractivity contribution in [2.75, 3.05) is 12.4 Å². The summed E-state index contributed by atoms with van der Waals surface area (Å²) in [5, 5.41) is 11.6. The Morgan fingerprint density at radius 3 is 2.50 bits per heavy atom. The van der Waals surface area contributed by atoms with Gasteiger partial charge in [-0.2, -0.15) is 13.2 Å².